The average Bonchev–Trinajstić information content (AvgIpc) is 2.51. The minimum atomic E-state index is -0.487. The van der Waals surface area contributed by atoms with E-state index in [1.165, 1.54) is 11.1 Å². The number of hydrogen-bond acceptors (Lipinski definition) is 0. The van der Waals surface area contributed by atoms with Gasteiger partial charge in [0.1, 0.15) is 4.33 Å². The van der Waals surface area contributed by atoms with Crippen LogP contribution in [0.3, 0.4) is 0 Å². The Hall–Kier alpha value is -0.200. The van der Waals surface area contributed by atoms with E-state index in [4.69, 9.17) is 23.2 Å². The molecule has 0 nitrogen and oxygen atoms in total. The smallest absolute Gasteiger partial charge is 0.101 e. The summed E-state index contributed by atoms with van der Waals surface area (Å²) in [6.07, 6.45) is 3.19. The fraction of sp³-hybridized carbons (Fsp3) is 0.455. The molecule has 1 unspecified atom stereocenters. The fourth-order valence-corrected chi connectivity index (χ4v) is 3.44. The van der Waals surface area contributed by atoms with Crippen LogP contribution >= 0.6 is 23.2 Å². The molecule has 68 valence electrons. The van der Waals surface area contributed by atoms with E-state index in [-0.39, 0.29) is 5.41 Å². The van der Waals surface area contributed by atoms with Crippen LogP contribution in [0.15, 0.2) is 24.3 Å². The van der Waals surface area contributed by atoms with Crippen LogP contribution in [-0.4, -0.2) is 4.33 Å². The molecule has 2 aliphatic rings. The van der Waals surface area contributed by atoms with Crippen molar-refractivity contribution in [3.63, 3.8) is 0 Å². The van der Waals surface area contributed by atoms with Gasteiger partial charge in [0.2, 0.25) is 0 Å². The zero-order valence-corrected chi connectivity index (χ0v) is 8.70. The van der Waals surface area contributed by atoms with E-state index >= 15 is 0 Å². The molecule has 0 radical (unpaired) electrons. The van der Waals surface area contributed by atoms with Gasteiger partial charge < -0.3 is 0 Å². The van der Waals surface area contributed by atoms with Crippen LogP contribution < -0.4 is 0 Å². The third kappa shape index (κ3) is 0.884. The van der Waals surface area contributed by atoms with E-state index in [2.05, 4.69) is 24.3 Å². The first-order valence-corrected chi connectivity index (χ1v) is 5.38. The van der Waals surface area contributed by atoms with Crippen molar-refractivity contribution >= 4 is 23.2 Å². The number of alkyl halides is 2. The van der Waals surface area contributed by atoms with Crippen LogP contribution in [0.4, 0.5) is 0 Å². The maximum absolute atomic E-state index is 6.20. The monoisotopic (exact) mass is 212 g/mol. The highest BCUT2D eigenvalue weighted by Gasteiger charge is 2.68. The molecule has 0 bridgehead atoms. The molecular weight excluding hydrogens is 203 g/mol. The van der Waals surface area contributed by atoms with Gasteiger partial charge in [-0.1, -0.05) is 24.3 Å². The first-order chi connectivity index (χ1) is 6.16. The van der Waals surface area contributed by atoms with Crippen molar-refractivity contribution in [3.8, 4) is 0 Å². The number of aryl methyl sites for hydroxylation is 1. The second-order valence-corrected chi connectivity index (χ2v) is 5.60. The fourth-order valence-electron chi connectivity index (χ4n) is 2.59. The molecule has 0 heterocycles. The van der Waals surface area contributed by atoms with Crippen molar-refractivity contribution in [2.24, 2.45) is 0 Å². The van der Waals surface area contributed by atoms with Gasteiger partial charge in [0.05, 0.1) is 0 Å². The Balaban J connectivity index is 2.15. The molecular formula is C11H10Cl2. The summed E-state index contributed by atoms with van der Waals surface area (Å²) in [4.78, 5) is 0. The highest BCUT2D eigenvalue weighted by atomic mass is 35.5. The highest BCUT2D eigenvalue weighted by molar-refractivity contribution is 6.52. The van der Waals surface area contributed by atoms with E-state index in [1.54, 1.807) is 0 Å². The van der Waals surface area contributed by atoms with E-state index in [1.807, 2.05) is 0 Å². The second kappa shape index (κ2) is 2.24. The van der Waals surface area contributed by atoms with E-state index in [9.17, 15) is 0 Å². The Morgan fingerprint density at radius 2 is 1.85 bits per heavy atom. The van der Waals surface area contributed by atoms with Crippen LogP contribution in [0, 0.1) is 0 Å². The summed E-state index contributed by atoms with van der Waals surface area (Å²) < 4.78 is -0.487. The Bertz CT molecular complexity index is 370. The van der Waals surface area contributed by atoms with Crippen molar-refractivity contribution in [1.29, 1.82) is 0 Å². The zero-order valence-electron chi connectivity index (χ0n) is 7.19. The summed E-state index contributed by atoms with van der Waals surface area (Å²) in [7, 11) is 0. The average molecular weight is 213 g/mol. The molecule has 0 saturated heterocycles. The number of halogens is 2. The first kappa shape index (κ1) is 8.14. The molecule has 0 N–H and O–H groups in total. The molecule has 1 atom stereocenters. The van der Waals surface area contributed by atoms with Crippen LogP contribution in [0.5, 0.6) is 0 Å². The Morgan fingerprint density at radius 3 is 2.54 bits per heavy atom. The van der Waals surface area contributed by atoms with Crippen molar-refractivity contribution in [2.45, 2.75) is 29.0 Å². The van der Waals surface area contributed by atoms with Gasteiger partial charge in [-0.25, -0.2) is 0 Å². The standard InChI is InChI=1S/C11H10Cl2/c12-11(13)7-10(11)6-5-8-3-1-2-4-9(8)10/h1-4H,5-7H2. The molecule has 13 heavy (non-hydrogen) atoms. The van der Waals surface area contributed by atoms with Gasteiger partial charge in [-0.2, -0.15) is 0 Å². The second-order valence-electron chi connectivity index (χ2n) is 4.12. The summed E-state index contributed by atoms with van der Waals surface area (Å²) in [5.41, 5.74) is 2.93. The first-order valence-electron chi connectivity index (χ1n) is 4.62. The maximum Gasteiger partial charge on any atom is 0.129 e. The van der Waals surface area contributed by atoms with Crippen molar-refractivity contribution in [2.75, 3.05) is 0 Å². The summed E-state index contributed by atoms with van der Waals surface area (Å²) in [5, 5.41) is 0. The molecule has 0 amide bonds. The number of benzene rings is 1. The lowest BCUT2D eigenvalue weighted by molar-refractivity contribution is 0.671. The largest absolute Gasteiger partial charge is 0.129 e. The Kier molecular flexibility index (Phi) is 1.40. The predicted octanol–water partition coefficient (Wildman–Crippen LogP) is 3.45. The van der Waals surface area contributed by atoms with Crippen molar-refractivity contribution in [1.82, 2.24) is 0 Å². The van der Waals surface area contributed by atoms with E-state index < -0.39 is 4.33 Å². The molecule has 3 rings (SSSR count). The van der Waals surface area contributed by atoms with Gasteiger partial charge in [-0.05, 0) is 30.4 Å². The third-order valence-corrected chi connectivity index (χ3v) is 4.44. The Labute approximate surface area is 87.9 Å². The topological polar surface area (TPSA) is 0 Å². The van der Waals surface area contributed by atoms with Gasteiger partial charge in [0.15, 0.2) is 0 Å². The summed E-state index contributed by atoms with van der Waals surface area (Å²) >= 11 is 12.4. The molecule has 0 aliphatic heterocycles. The van der Waals surface area contributed by atoms with Gasteiger partial charge >= 0.3 is 0 Å². The van der Waals surface area contributed by atoms with E-state index in [0.29, 0.717) is 0 Å². The van der Waals surface area contributed by atoms with Crippen LogP contribution in [0.25, 0.3) is 0 Å². The minimum absolute atomic E-state index is 0.104. The quantitative estimate of drug-likeness (QED) is 0.579. The lowest BCUT2D eigenvalue weighted by Gasteiger charge is -2.11. The van der Waals surface area contributed by atoms with Crippen molar-refractivity contribution in [3.05, 3.63) is 35.4 Å². The van der Waals surface area contributed by atoms with Gasteiger partial charge in [-0.3, -0.25) is 0 Å². The summed E-state index contributed by atoms with van der Waals surface area (Å²) in [6.45, 7) is 0. The van der Waals surface area contributed by atoms with Gasteiger partial charge in [0.25, 0.3) is 0 Å². The number of hydrogen-bond donors (Lipinski definition) is 0. The normalized spacial score (nSPS) is 33.4. The molecule has 1 saturated carbocycles. The highest BCUT2D eigenvalue weighted by Crippen LogP contribution is 2.69. The molecule has 2 heteroatoms. The lowest BCUT2D eigenvalue weighted by Crippen LogP contribution is -2.10. The summed E-state index contributed by atoms with van der Waals surface area (Å²) in [6, 6.07) is 8.53. The van der Waals surface area contributed by atoms with Crippen LogP contribution in [0.2, 0.25) is 0 Å². The molecule has 1 aromatic carbocycles. The predicted molar refractivity (Wildman–Crippen MR) is 55.5 cm³/mol. The maximum atomic E-state index is 6.20. The van der Waals surface area contributed by atoms with Gasteiger partial charge in [0, 0.05) is 5.41 Å². The number of rotatable bonds is 0. The van der Waals surface area contributed by atoms with Crippen LogP contribution in [-0.2, 0) is 11.8 Å². The molecule has 0 aromatic heterocycles. The third-order valence-electron chi connectivity index (χ3n) is 3.45. The summed E-state index contributed by atoms with van der Waals surface area (Å²) in [5.74, 6) is 0. The molecule has 1 spiro atoms. The molecule has 1 aromatic rings. The van der Waals surface area contributed by atoms with E-state index in [0.717, 1.165) is 19.3 Å². The van der Waals surface area contributed by atoms with Gasteiger partial charge in [-0.15, -0.1) is 23.2 Å². The van der Waals surface area contributed by atoms with Crippen molar-refractivity contribution < 1.29 is 0 Å². The van der Waals surface area contributed by atoms with Crippen LogP contribution in [0.1, 0.15) is 24.0 Å². The lowest BCUT2D eigenvalue weighted by atomic mass is 9.99. The molecule has 2 aliphatic carbocycles. The number of fused-ring (bicyclic) bond motifs is 2. The zero-order chi connectivity index (χ0) is 9.10. The SMILES string of the molecule is ClC1(Cl)CC12CCc1ccccc12. The Morgan fingerprint density at radius 1 is 1.15 bits per heavy atom. The minimum Gasteiger partial charge on any atom is -0.101 e. The molecule has 1 fully saturated rings.